The van der Waals surface area contributed by atoms with Crippen molar-refractivity contribution in [2.24, 2.45) is 0 Å². The highest BCUT2D eigenvalue weighted by Crippen LogP contribution is 2.34. The summed E-state index contributed by atoms with van der Waals surface area (Å²) < 4.78 is 11.8. The topological polar surface area (TPSA) is 47.6 Å². The lowest BCUT2D eigenvalue weighted by atomic mass is 10.2. The number of carbonyl (C=O) groups excluding carboxylic acids is 1. The molecule has 1 aromatic rings. The summed E-state index contributed by atoms with van der Waals surface area (Å²) in [6, 6.07) is 3.96. The second-order valence-corrected chi connectivity index (χ2v) is 5.30. The molecule has 0 radical (unpaired) electrons. The molecular weight excluding hydrogens is 366 g/mol. The maximum atomic E-state index is 11.0. The number of benzene rings is 1. The second-order valence-electron chi connectivity index (χ2n) is 3.59. The molecule has 4 nitrogen and oxygen atoms in total. The van der Waals surface area contributed by atoms with Gasteiger partial charge in [-0.15, -0.1) is 0 Å². The Morgan fingerprint density at radius 2 is 1.94 bits per heavy atom. The van der Waals surface area contributed by atoms with E-state index in [1.807, 2.05) is 19.2 Å². The maximum Gasteiger partial charge on any atom is 0.308 e. The minimum atomic E-state index is -0.283. The van der Waals surface area contributed by atoms with Crippen LogP contribution in [0.2, 0.25) is 0 Å². The summed E-state index contributed by atoms with van der Waals surface area (Å²) in [5.41, 5.74) is 1.14. The molecule has 0 fully saturated rings. The van der Waals surface area contributed by atoms with Gasteiger partial charge in [0, 0.05) is 6.54 Å². The van der Waals surface area contributed by atoms with E-state index in [1.165, 1.54) is 7.11 Å². The van der Waals surface area contributed by atoms with Gasteiger partial charge in [0.1, 0.15) is 5.75 Å². The van der Waals surface area contributed by atoms with E-state index in [1.54, 1.807) is 0 Å². The molecule has 0 heterocycles. The van der Waals surface area contributed by atoms with E-state index in [9.17, 15) is 4.79 Å². The summed E-state index contributed by atoms with van der Waals surface area (Å²) in [5.74, 6) is 0.410. The van der Waals surface area contributed by atoms with Crippen LogP contribution < -0.4 is 10.1 Å². The number of nitrogens with one attached hydrogen (secondary N) is 1. The van der Waals surface area contributed by atoms with Crippen molar-refractivity contribution in [1.29, 1.82) is 0 Å². The number of carbonyl (C=O) groups is 1. The SMILES string of the molecule is CNCc1cc(Br)c(OCCC(=O)OC)c(Br)c1. The molecule has 0 saturated carbocycles. The molecule has 0 unspecified atom stereocenters. The highest BCUT2D eigenvalue weighted by molar-refractivity contribution is 9.11. The predicted octanol–water partition coefficient (Wildman–Crippen LogP) is 2.87. The highest BCUT2D eigenvalue weighted by atomic mass is 79.9. The van der Waals surface area contributed by atoms with Gasteiger partial charge in [0.15, 0.2) is 0 Å². The number of ether oxygens (including phenoxy) is 2. The van der Waals surface area contributed by atoms with Crippen molar-refractivity contribution in [3.8, 4) is 5.75 Å². The van der Waals surface area contributed by atoms with Gasteiger partial charge in [0.05, 0.1) is 29.1 Å². The Bertz CT molecular complexity index is 401. The number of halogens is 2. The Kier molecular flexibility index (Phi) is 6.67. The highest BCUT2D eigenvalue weighted by Gasteiger charge is 2.10. The first-order chi connectivity index (χ1) is 8.58. The first kappa shape index (κ1) is 15.5. The third-order valence-electron chi connectivity index (χ3n) is 2.22. The van der Waals surface area contributed by atoms with Crippen LogP contribution in [0.4, 0.5) is 0 Å². The van der Waals surface area contributed by atoms with Crippen molar-refractivity contribution >= 4 is 37.8 Å². The van der Waals surface area contributed by atoms with Gasteiger partial charge in [-0.3, -0.25) is 4.79 Å². The van der Waals surface area contributed by atoms with Gasteiger partial charge >= 0.3 is 5.97 Å². The fourth-order valence-corrected chi connectivity index (χ4v) is 2.91. The number of methoxy groups -OCH3 is 1. The average Bonchev–Trinajstić information content (AvgIpc) is 2.32. The smallest absolute Gasteiger partial charge is 0.308 e. The molecule has 0 atom stereocenters. The lowest BCUT2D eigenvalue weighted by molar-refractivity contribution is -0.141. The van der Waals surface area contributed by atoms with Gasteiger partial charge in [-0.05, 0) is 56.6 Å². The Morgan fingerprint density at radius 1 is 1.33 bits per heavy atom. The van der Waals surface area contributed by atoms with Crippen molar-refractivity contribution in [3.05, 3.63) is 26.6 Å². The summed E-state index contributed by atoms with van der Waals surface area (Å²) in [7, 11) is 3.25. The normalized spacial score (nSPS) is 10.2. The number of esters is 1. The van der Waals surface area contributed by atoms with Gasteiger partial charge < -0.3 is 14.8 Å². The van der Waals surface area contributed by atoms with E-state index >= 15 is 0 Å². The monoisotopic (exact) mass is 379 g/mol. The van der Waals surface area contributed by atoms with E-state index in [0.717, 1.165) is 21.1 Å². The molecule has 1 N–H and O–H groups in total. The molecule has 0 bridgehead atoms. The first-order valence-electron chi connectivity index (χ1n) is 5.40. The summed E-state index contributed by atoms with van der Waals surface area (Å²) >= 11 is 6.91. The molecule has 6 heteroatoms. The zero-order chi connectivity index (χ0) is 13.5. The first-order valence-corrected chi connectivity index (χ1v) is 6.99. The Hall–Kier alpha value is -0.590. The van der Waals surface area contributed by atoms with Crippen LogP contribution in [-0.2, 0) is 16.1 Å². The van der Waals surface area contributed by atoms with E-state index in [2.05, 4.69) is 41.9 Å². The molecule has 1 aromatic carbocycles. The summed E-state index contributed by atoms with van der Waals surface area (Å²) in [4.78, 5) is 11.0. The standard InChI is InChI=1S/C12H15Br2NO3/c1-15-7-8-5-9(13)12(10(14)6-8)18-4-3-11(16)17-2/h5-6,15H,3-4,7H2,1-2H3. The van der Waals surface area contributed by atoms with Gasteiger partial charge in [0.25, 0.3) is 0 Å². The number of hydrogen-bond acceptors (Lipinski definition) is 4. The molecule has 0 aliphatic carbocycles. The minimum absolute atomic E-state index is 0.230. The van der Waals surface area contributed by atoms with Crippen molar-refractivity contribution in [1.82, 2.24) is 5.32 Å². The number of rotatable bonds is 6. The van der Waals surface area contributed by atoms with Crippen LogP contribution in [0.5, 0.6) is 5.75 Å². The van der Waals surface area contributed by atoms with Gasteiger partial charge in [-0.2, -0.15) is 0 Å². The van der Waals surface area contributed by atoms with Crippen molar-refractivity contribution in [2.75, 3.05) is 20.8 Å². The van der Waals surface area contributed by atoms with Crippen LogP contribution in [0.1, 0.15) is 12.0 Å². The van der Waals surface area contributed by atoms with Crippen LogP contribution in [0.25, 0.3) is 0 Å². The third kappa shape index (κ3) is 4.59. The van der Waals surface area contributed by atoms with Crippen LogP contribution in [0.15, 0.2) is 21.1 Å². The van der Waals surface area contributed by atoms with Crippen LogP contribution in [0, 0.1) is 0 Å². The molecule has 0 aromatic heterocycles. The molecular formula is C12H15Br2NO3. The third-order valence-corrected chi connectivity index (χ3v) is 3.40. The van der Waals surface area contributed by atoms with Gasteiger partial charge in [-0.25, -0.2) is 0 Å². The number of hydrogen-bond donors (Lipinski definition) is 1. The Balaban J connectivity index is 2.68. The lowest BCUT2D eigenvalue weighted by Crippen LogP contribution is -2.09. The van der Waals surface area contributed by atoms with Gasteiger partial charge in [0.2, 0.25) is 0 Å². The quantitative estimate of drug-likeness (QED) is 0.771. The van der Waals surface area contributed by atoms with E-state index in [0.29, 0.717) is 5.75 Å². The fourth-order valence-electron chi connectivity index (χ4n) is 1.39. The van der Waals surface area contributed by atoms with E-state index < -0.39 is 0 Å². The van der Waals surface area contributed by atoms with Gasteiger partial charge in [-0.1, -0.05) is 0 Å². The second kappa shape index (κ2) is 7.76. The van der Waals surface area contributed by atoms with Crippen LogP contribution in [0.3, 0.4) is 0 Å². The minimum Gasteiger partial charge on any atom is -0.491 e. The average molecular weight is 381 g/mol. The van der Waals surface area contributed by atoms with E-state index in [4.69, 9.17) is 4.74 Å². The lowest BCUT2D eigenvalue weighted by Gasteiger charge is -2.11. The maximum absolute atomic E-state index is 11.0. The molecule has 18 heavy (non-hydrogen) atoms. The van der Waals surface area contributed by atoms with Crippen molar-refractivity contribution < 1.29 is 14.3 Å². The molecule has 1 rings (SSSR count). The largest absolute Gasteiger partial charge is 0.491 e. The predicted molar refractivity (Wildman–Crippen MR) is 76.7 cm³/mol. The fraction of sp³-hybridized carbons (Fsp3) is 0.417. The summed E-state index contributed by atoms with van der Waals surface area (Å²) in [5, 5.41) is 3.08. The van der Waals surface area contributed by atoms with Crippen LogP contribution in [-0.4, -0.2) is 26.7 Å². The Morgan fingerprint density at radius 3 is 2.44 bits per heavy atom. The molecule has 0 saturated heterocycles. The Labute approximate surface area is 123 Å². The molecule has 100 valence electrons. The zero-order valence-corrected chi connectivity index (χ0v) is 13.4. The van der Waals surface area contributed by atoms with Crippen molar-refractivity contribution in [3.63, 3.8) is 0 Å². The molecule has 0 aliphatic rings. The zero-order valence-electron chi connectivity index (χ0n) is 10.3. The molecule has 0 amide bonds. The summed E-state index contributed by atoms with van der Waals surface area (Å²) in [6.45, 7) is 1.06. The van der Waals surface area contributed by atoms with Crippen LogP contribution >= 0.6 is 31.9 Å². The molecule has 0 aliphatic heterocycles. The summed E-state index contributed by atoms with van der Waals surface area (Å²) in [6.07, 6.45) is 0.230. The van der Waals surface area contributed by atoms with Crippen molar-refractivity contribution in [2.45, 2.75) is 13.0 Å². The molecule has 0 spiro atoms. The van der Waals surface area contributed by atoms with E-state index in [-0.39, 0.29) is 19.0 Å².